The minimum Gasteiger partial charge on any atom is -0.496 e. The van der Waals surface area contributed by atoms with Crippen LogP contribution in [0.3, 0.4) is 0 Å². The van der Waals surface area contributed by atoms with Crippen molar-refractivity contribution in [3.8, 4) is 11.5 Å². The first-order valence-corrected chi connectivity index (χ1v) is 9.39. The summed E-state index contributed by atoms with van der Waals surface area (Å²) in [5, 5.41) is 9.47. The lowest BCUT2D eigenvalue weighted by Gasteiger charge is -2.23. The van der Waals surface area contributed by atoms with E-state index in [-0.39, 0.29) is 17.1 Å². The lowest BCUT2D eigenvalue weighted by Crippen LogP contribution is -2.27. The number of nitrogens with one attached hydrogen (secondary N) is 2. The van der Waals surface area contributed by atoms with Crippen LogP contribution in [0.5, 0.6) is 11.5 Å². The van der Waals surface area contributed by atoms with Crippen LogP contribution in [0.15, 0.2) is 58.5 Å². The fourth-order valence-electron chi connectivity index (χ4n) is 3.18. The van der Waals surface area contributed by atoms with Crippen LogP contribution in [0, 0.1) is 0 Å². The number of carbonyl (C=O) groups excluding carboxylic acids is 1. The predicted octanol–water partition coefficient (Wildman–Crippen LogP) is 3.84. The fourth-order valence-corrected chi connectivity index (χ4v) is 3.18. The number of nitrogens with zero attached hydrogens (tertiary/aromatic N) is 5. The second kappa shape index (κ2) is 9.55. The molecule has 0 unspecified atom stereocenters. The molecule has 0 aliphatic carbocycles. The van der Waals surface area contributed by atoms with Crippen LogP contribution in [0.25, 0.3) is 10.4 Å². The zero-order valence-corrected chi connectivity index (χ0v) is 17.7. The number of methoxy groups -OCH3 is 2. The van der Waals surface area contributed by atoms with Crippen molar-refractivity contribution in [1.82, 2.24) is 4.90 Å². The van der Waals surface area contributed by atoms with Crippen molar-refractivity contribution in [3.05, 3.63) is 70.0 Å². The van der Waals surface area contributed by atoms with Gasteiger partial charge in [0.2, 0.25) is 0 Å². The number of hydrogen-bond acceptors (Lipinski definition) is 7. The number of amides is 1. The number of hydrogen-bond donors (Lipinski definition) is 2. The normalized spacial score (nSPS) is 12.8. The highest BCUT2D eigenvalue weighted by Gasteiger charge is 2.20. The van der Waals surface area contributed by atoms with Crippen molar-refractivity contribution in [1.29, 1.82) is 0 Å². The average molecular weight is 421 g/mol. The molecule has 0 spiro atoms. The molecule has 1 aliphatic heterocycles. The quantitative estimate of drug-likeness (QED) is 0.398. The minimum atomic E-state index is -0.787. The Morgan fingerprint density at radius 1 is 1.16 bits per heavy atom. The maximum absolute atomic E-state index is 12.1. The molecule has 0 aromatic heterocycles. The van der Waals surface area contributed by atoms with E-state index in [1.165, 1.54) is 14.2 Å². The highest BCUT2D eigenvalue weighted by atomic mass is 16.5. The summed E-state index contributed by atoms with van der Waals surface area (Å²) in [4.78, 5) is 21.5. The van der Waals surface area contributed by atoms with Crippen molar-refractivity contribution in [2.45, 2.75) is 0 Å². The summed E-state index contributed by atoms with van der Waals surface area (Å²) in [6, 6.07) is 11.3. The molecule has 31 heavy (non-hydrogen) atoms. The van der Waals surface area contributed by atoms with Gasteiger partial charge >= 0.3 is 0 Å². The first-order valence-electron chi connectivity index (χ1n) is 9.39. The fraction of sp³-hybridized carbons (Fsp3) is 0.238. The van der Waals surface area contributed by atoms with Crippen LogP contribution in [-0.4, -0.2) is 51.4 Å². The first-order chi connectivity index (χ1) is 15.0. The number of rotatable bonds is 7. The largest absolute Gasteiger partial charge is 0.496 e. The van der Waals surface area contributed by atoms with E-state index in [2.05, 4.69) is 20.7 Å². The molecule has 3 rings (SSSR count). The Bertz CT molecular complexity index is 1060. The van der Waals surface area contributed by atoms with Crippen molar-refractivity contribution in [3.63, 3.8) is 0 Å². The predicted molar refractivity (Wildman–Crippen MR) is 120 cm³/mol. The number of azide groups is 1. The van der Waals surface area contributed by atoms with Crippen molar-refractivity contribution in [2.75, 3.05) is 45.5 Å². The summed E-state index contributed by atoms with van der Waals surface area (Å²) in [6.07, 6.45) is 1.88. The molecule has 0 radical (unpaired) electrons. The van der Waals surface area contributed by atoms with E-state index in [0.717, 1.165) is 17.0 Å². The maximum atomic E-state index is 12.1. The van der Waals surface area contributed by atoms with Gasteiger partial charge in [-0.3, -0.25) is 4.79 Å². The van der Waals surface area contributed by atoms with E-state index in [1.54, 1.807) is 12.1 Å². The molecule has 2 N–H and O–H groups in total. The molecular weight excluding hydrogens is 398 g/mol. The molecule has 10 heteroatoms. The van der Waals surface area contributed by atoms with E-state index in [4.69, 9.17) is 20.0 Å². The Balaban J connectivity index is 1.93. The van der Waals surface area contributed by atoms with Crippen LogP contribution in [0.1, 0.15) is 15.9 Å². The second-order valence-electron chi connectivity index (χ2n) is 6.69. The van der Waals surface area contributed by atoms with Crippen LogP contribution < -0.4 is 20.1 Å². The summed E-state index contributed by atoms with van der Waals surface area (Å²) in [5.41, 5.74) is 12.2. The molecule has 0 atom stereocenters. The second-order valence-corrected chi connectivity index (χ2v) is 6.69. The maximum Gasteiger partial charge on any atom is 0.256 e. The molecule has 10 nitrogen and oxygen atoms in total. The van der Waals surface area contributed by atoms with Crippen molar-refractivity contribution < 1.29 is 14.3 Å². The van der Waals surface area contributed by atoms with E-state index in [1.807, 2.05) is 49.5 Å². The highest BCUT2D eigenvalue weighted by molar-refractivity contribution is 6.04. The van der Waals surface area contributed by atoms with Crippen LogP contribution in [-0.2, 0) is 0 Å². The van der Waals surface area contributed by atoms with Crippen molar-refractivity contribution >= 4 is 23.0 Å². The van der Waals surface area contributed by atoms with Crippen molar-refractivity contribution in [2.24, 2.45) is 10.1 Å². The number of anilines is 2. The molecule has 1 amide bonds. The van der Waals surface area contributed by atoms with E-state index in [0.29, 0.717) is 18.1 Å². The summed E-state index contributed by atoms with van der Waals surface area (Å²) < 4.78 is 10.6. The number of ether oxygens (including phenoxy) is 2. The number of aliphatic imine (C=N–C) groups is 1. The van der Waals surface area contributed by atoms with E-state index in [9.17, 15) is 4.79 Å². The number of likely N-dealkylation sites (N-methyl/N-ethyl adjacent to an activating group) is 1. The van der Waals surface area contributed by atoms with Crippen LogP contribution in [0.2, 0.25) is 0 Å². The van der Waals surface area contributed by atoms with Crippen LogP contribution in [0.4, 0.5) is 11.4 Å². The van der Waals surface area contributed by atoms with Gasteiger partial charge in [-0.05, 0) is 28.3 Å². The van der Waals surface area contributed by atoms with E-state index >= 15 is 0 Å². The topological polar surface area (TPSA) is 124 Å². The molecule has 0 saturated carbocycles. The van der Waals surface area contributed by atoms with Gasteiger partial charge < -0.3 is 25.0 Å². The highest BCUT2D eigenvalue weighted by Crippen LogP contribution is 2.34. The third kappa shape index (κ3) is 4.88. The Labute approximate surface area is 179 Å². The Morgan fingerprint density at radius 2 is 1.81 bits per heavy atom. The smallest absolute Gasteiger partial charge is 0.256 e. The van der Waals surface area contributed by atoms with Crippen LogP contribution >= 0.6 is 0 Å². The molecule has 160 valence electrons. The lowest BCUT2D eigenvalue weighted by atomic mass is 10.1. The molecule has 2 aromatic carbocycles. The zero-order chi connectivity index (χ0) is 22.4. The van der Waals surface area contributed by atoms with Gasteiger partial charge in [-0.25, -0.2) is 4.99 Å². The van der Waals surface area contributed by atoms with Gasteiger partial charge in [0.1, 0.15) is 22.9 Å². The Kier molecular flexibility index (Phi) is 6.64. The minimum absolute atomic E-state index is 0.0527. The zero-order valence-electron chi connectivity index (χ0n) is 17.7. The molecule has 2 aromatic rings. The summed E-state index contributed by atoms with van der Waals surface area (Å²) in [6.45, 7) is 0.663. The molecule has 1 heterocycles. The van der Waals surface area contributed by atoms with Gasteiger partial charge in [0.15, 0.2) is 0 Å². The molecule has 0 bridgehead atoms. The first kappa shape index (κ1) is 21.5. The van der Waals surface area contributed by atoms with Gasteiger partial charge in [-0.15, -0.1) is 0 Å². The van der Waals surface area contributed by atoms with Gasteiger partial charge in [0.05, 0.1) is 26.5 Å². The monoisotopic (exact) mass is 421 g/mol. The van der Waals surface area contributed by atoms with Gasteiger partial charge in [0.25, 0.3) is 5.91 Å². The average Bonchev–Trinajstić information content (AvgIpc) is 2.78. The standard InChI is InChI=1S/C21H23N7O3/c1-23-14-7-5-13(6-8-14)16-11-28(2)12-19(25-16)24-15-9-17(30-3)20(18(10-15)31-4)21(29)26-27-22/h5-10,12,23-24H,11H2,1-4H3. The molecule has 0 saturated heterocycles. The molecule has 0 fully saturated rings. The summed E-state index contributed by atoms with van der Waals surface area (Å²) >= 11 is 0. The third-order valence-corrected chi connectivity index (χ3v) is 4.63. The summed E-state index contributed by atoms with van der Waals surface area (Å²) in [5.74, 6) is 0.260. The third-order valence-electron chi connectivity index (χ3n) is 4.63. The molecule has 1 aliphatic rings. The van der Waals surface area contributed by atoms with E-state index < -0.39 is 5.91 Å². The van der Waals surface area contributed by atoms with Gasteiger partial charge in [-0.1, -0.05) is 12.1 Å². The summed E-state index contributed by atoms with van der Waals surface area (Å²) in [7, 11) is 6.68. The number of carbonyl (C=O) groups is 1. The Hall–Kier alpha value is -4.17. The van der Waals surface area contributed by atoms with Gasteiger partial charge in [-0.2, -0.15) is 0 Å². The SMILES string of the molecule is CNc1ccc(C2=NC(Nc3cc(OC)c(C(=O)N=[N+]=[N-])c(OC)c3)=CN(C)C2)cc1. The molecular formula is C21H23N7O3. The number of benzene rings is 2. The Morgan fingerprint density at radius 3 is 2.35 bits per heavy atom. The van der Waals surface area contributed by atoms with Gasteiger partial charge in [0, 0.05) is 48.7 Å². The lowest BCUT2D eigenvalue weighted by molar-refractivity contribution is 0.0994.